The molecule has 152 valence electrons. The van der Waals surface area contributed by atoms with Crippen LogP contribution in [-0.2, 0) is 30.6 Å². The van der Waals surface area contributed by atoms with Crippen molar-refractivity contribution >= 4 is 38.6 Å². The number of amides is 1. The Morgan fingerprint density at radius 2 is 1.96 bits per heavy atom. The second kappa shape index (κ2) is 8.58. The predicted octanol–water partition coefficient (Wildman–Crippen LogP) is 0.566. The third-order valence-electron chi connectivity index (χ3n) is 4.40. The molecule has 3 rings (SSSR count). The molecular formula is C17H19FN2O6S2. The largest absolute Gasteiger partial charge is 0.480 e. The first-order chi connectivity index (χ1) is 13.2. The van der Waals surface area contributed by atoms with E-state index in [-0.39, 0.29) is 28.6 Å². The number of rotatable bonds is 7. The highest BCUT2D eigenvalue weighted by molar-refractivity contribution is 8.15. The van der Waals surface area contributed by atoms with Crippen LogP contribution >= 0.6 is 11.8 Å². The van der Waals surface area contributed by atoms with Gasteiger partial charge in [-0.1, -0.05) is 23.9 Å². The molecule has 2 heterocycles. The fourth-order valence-corrected chi connectivity index (χ4v) is 7.16. The zero-order valence-corrected chi connectivity index (χ0v) is 16.4. The number of aliphatic imine (C=N–C) groups is 1. The summed E-state index contributed by atoms with van der Waals surface area (Å²) in [7, 11) is -3.14. The smallest absolute Gasteiger partial charge is 0.329 e. The Morgan fingerprint density at radius 3 is 2.64 bits per heavy atom. The number of thioether (sulfide) groups is 1. The molecule has 2 aliphatic rings. The van der Waals surface area contributed by atoms with Gasteiger partial charge in [0.15, 0.2) is 15.0 Å². The lowest BCUT2D eigenvalue weighted by Gasteiger charge is -2.24. The first-order valence-electron chi connectivity index (χ1n) is 8.53. The molecule has 2 saturated heterocycles. The molecule has 1 aromatic rings. The van der Waals surface area contributed by atoms with E-state index < -0.39 is 34.9 Å². The minimum atomic E-state index is -3.14. The SMILES string of the molecule is O=C(O)COCC(=O)N=C1S[C@H]2CS(=O)(=O)C[C@H]2N1CCc1ccc(F)cc1. The van der Waals surface area contributed by atoms with Gasteiger partial charge in [-0.15, -0.1) is 0 Å². The highest BCUT2D eigenvalue weighted by Gasteiger charge is 2.48. The summed E-state index contributed by atoms with van der Waals surface area (Å²) in [6, 6.07) is 5.75. The van der Waals surface area contributed by atoms with Crippen LogP contribution in [0.25, 0.3) is 0 Å². The molecule has 0 radical (unpaired) electrons. The minimum absolute atomic E-state index is 0.00317. The summed E-state index contributed by atoms with van der Waals surface area (Å²) in [6.45, 7) is -0.630. The normalized spacial score (nSPS) is 24.5. The molecule has 0 aromatic heterocycles. The molecule has 2 aliphatic heterocycles. The average Bonchev–Trinajstić information content (AvgIpc) is 3.05. The number of carbonyl (C=O) groups excluding carboxylic acids is 1. The average molecular weight is 430 g/mol. The standard InChI is InChI=1S/C17H19FN2O6S2/c18-12-3-1-11(2-4-12)5-6-20-13-9-28(24,25)10-14(13)27-17(20)19-15(21)7-26-8-16(22)23/h1-4,13-14H,5-10H2,(H,22,23)/t13-,14+/m1/s1. The van der Waals surface area contributed by atoms with Crippen LogP contribution in [-0.4, -0.2) is 78.0 Å². The van der Waals surface area contributed by atoms with Crippen LogP contribution in [0.2, 0.25) is 0 Å². The number of carbonyl (C=O) groups is 2. The van der Waals surface area contributed by atoms with E-state index in [0.717, 1.165) is 5.56 Å². The molecule has 1 aromatic carbocycles. The van der Waals surface area contributed by atoms with E-state index in [1.165, 1.54) is 23.9 Å². The van der Waals surface area contributed by atoms with Crippen LogP contribution in [0.15, 0.2) is 29.3 Å². The van der Waals surface area contributed by atoms with Crippen molar-refractivity contribution in [3.8, 4) is 0 Å². The Hall–Kier alpha value is -1.98. The van der Waals surface area contributed by atoms with Gasteiger partial charge in [0.25, 0.3) is 5.91 Å². The number of carboxylic acids is 1. The molecule has 28 heavy (non-hydrogen) atoms. The van der Waals surface area contributed by atoms with E-state index in [1.807, 2.05) is 0 Å². The monoisotopic (exact) mass is 430 g/mol. The lowest BCUT2D eigenvalue weighted by Crippen LogP contribution is -2.39. The van der Waals surface area contributed by atoms with Crippen molar-refractivity contribution in [2.45, 2.75) is 17.7 Å². The number of sulfone groups is 1. The van der Waals surface area contributed by atoms with Crippen LogP contribution in [0.5, 0.6) is 0 Å². The summed E-state index contributed by atoms with van der Waals surface area (Å²) in [4.78, 5) is 28.2. The first-order valence-corrected chi connectivity index (χ1v) is 11.2. The lowest BCUT2D eigenvalue weighted by atomic mass is 10.1. The molecule has 1 N–H and O–H groups in total. The Kier molecular flexibility index (Phi) is 6.36. The van der Waals surface area contributed by atoms with Crippen LogP contribution < -0.4 is 0 Å². The predicted molar refractivity (Wildman–Crippen MR) is 102 cm³/mol. The highest BCUT2D eigenvalue weighted by atomic mass is 32.2. The minimum Gasteiger partial charge on any atom is -0.480 e. The Labute approximate surface area is 165 Å². The van der Waals surface area contributed by atoms with Crippen LogP contribution in [0, 0.1) is 5.82 Å². The van der Waals surface area contributed by atoms with Gasteiger partial charge in [0, 0.05) is 11.8 Å². The highest BCUT2D eigenvalue weighted by Crippen LogP contribution is 2.38. The van der Waals surface area contributed by atoms with Crippen molar-refractivity contribution in [2.75, 3.05) is 31.3 Å². The van der Waals surface area contributed by atoms with Crippen molar-refractivity contribution in [1.29, 1.82) is 0 Å². The van der Waals surface area contributed by atoms with Crippen molar-refractivity contribution in [1.82, 2.24) is 4.90 Å². The number of aliphatic carboxylic acids is 1. The van der Waals surface area contributed by atoms with Crippen molar-refractivity contribution in [3.05, 3.63) is 35.6 Å². The van der Waals surface area contributed by atoms with Crippen molar-refractivity contribution in [2.24, 2.45) is 4.99 Å². The summed E-state index contributed by atoms with van der Waals surface area (Å²) < 4.78 is 41.8. The maximum Gasteiger partial charge on any atom is 0.329 e. The Morgan fingerprint density at radius 1 is 1.25 bits per heavy atom. The molecule has 11 heteroatoms. The topological polar surface area (TPSA) is 113 Å². The van der Waals surface area contributed by atoms with Gasteiger partial charge in [-0.3, -0.25) is 4.79 Å². The van der Waals surface area contributed by atoms with Gasteiger partial charge in [0.2, 0.25) is 0 Å². The second-order valence-electron chi connectivity index (χ2n) is 6.55. The quantitative estimate of drug-likeness (QED) is 0.668. The first kappa shape index (κ1) is 20.7. The van der Waals surface area contributed by atoms with Crippen molar-refractivity contribution in [3.63, 3.8) is 0 Å². The van der Waals surface area contributed by atoms with Crippen LogP contribution in [0.4, 0.5) is 4.39 Å². The van der Waals surface area contributed by atoms with Gasteiger partial charge in [-0.25, -0.2) is 17.6 Å². The molecule has 0 unspecified atom stereocenters. The molecule has 8 nitrogen and oxygen atoms in total. The fraction of sp³-hybridized carbons (Fsp3) is 0.471. The van der Waals surface area contributed by atoms with Gasteiger partial charge in [0.05, 0.1) is 17.5 Å². The van der Waals surface area contributed by atoms with E-state index in [2.05, 4.69) is 4.99 Å². The van der Waals surface area contributed by atoms with Gasteiger partial charge >= 0.3 is 5.97 Å². The van der Waals surface area contributed by atoms with Crippen molar-refractivity contribution < 1.29 is 32.2 Å². The summed E-state index contributed by atoms with van der Waals surface area (Å²) in [5, 5.41) is 8.75. The summed E-state index contributed by atoms with van der Waals surface area (Å²) >= 11 is 1.24. The van der Waals surface area contributed by atoms with Gasteiger partial charge in [-0.2, -0.15) is 4.99 Å². The number of halogens is 1. The number of ether oxygens (including phenoxy) is 1. The number of carboxylic acid groups (broad SMARTS) is 1. The zero-order valence-electron chi connectivity index (χ0n) is 14.8. The maximum absolute atomic E-state index is 13.1. The van der Waals surface area contributed by atoms with E-state index in [9.17, 15) is 22.4 Å². The zero-order chi connectivity index (χ0) is 20.3. The third-order valence-corrected chi connectivity index (χ3v) is 7.65. The molecule has 0 aliphatic carbocycles. The number of hydrogen-bond acceptors (Lipinski definition) is 6. The maximum atomic E-state index is 13.1. The summed E-state index contributed by atoms with van der Waals surface area (Å²) in [5.74, 6) is -2.12. The van der Waals surface area contributed by atoms with E-state index in [4.69, 9.17) is 9.84 Å². The number of fused-ring (bicyclic) bond motifs is 1. The molecule has 0 saturated carbocycles. The van der Waals surface area contributed by atoms with Gasteiger partial charge < -0.3 is 14.7 Å². The molecule has 2 fully saturated rings. The van der Waals surface area contributed by atoms with Crippen LogP contribution in [0.1, 0.15) is 5.56 Å². The molecule has 2 atom stereocenters. The van der Waals surface area contributed by atoms with Gasteiger partial charge in [0.1, 0.15) is 19.0 Å². The summed E-state index contributed by atoms with van der Waals surface area (Å²) in [5.41, 5.74) is 0.881. The number of hydrogen-bond donors (Lipinski definition) is 1. The lowest BCUT2D eigenvalue weighted by molar-refractivity contribution is -0.143. The van der Waals surface area contributed by atoms with E-state index >= 15 is 0 Å². The Bertz CT molecular complexity index is 887. The number of amidine groups is 1. The van der Waals surface area contributed by atoms with E-state index in [1.54, 1.807) is 17.0 Å². The number of benzene rings is 1. The Balaban J connectivity index is 1.70. The molecule has 1 amide bonds. The molecular weight excluding hydrogens is 411 g/mol. The molecule has 0 bridgehead atoms. The second-order valence-corrected chi connectivity index (χ2v) is 9.91. The van der Waals surface area contributed by atoms with Crippen LogP contribution in [0.3, 0.4) is 0 Å². The van der Waals surface area contributed by atoms with E-state index in [0.29, 0.717) is 18.1 Å². The number of nitrogens with zero attached hydrogens (tertiary/aromatic N) is 2. The van der Waals surface area contributed by atoms with Gasteiger partial charge in [-0.05, 0) is 24.1 Å². The fourth-order valence-electron chi connectivity index (χ4n) is 3.16. The third kappa shape index (κ3) is 5.30. The summed E-state index contributed by atoms with van der Waals surface area (Å²) in [6.07, 6.45) is 0.535. The molecule has 0 spiro atoms.